The van der Waals surface area contributed by atoms with Crippen molar-refractivity contribution in [3.63, 3.8) is 0 Å². The molecule has 0 spiro atoms. The van der Waals surface area contributed by atoms with Crippen molar-refractivity contribution in [3.05, 3.63) is 50.8 Å². The number of fused-ring (bicyclic) bond motifs is 6. The number of hydrogen-bond donors (Lipinski definition) is 2. The molecule has 1 fully saturated rings. The number of esters is 1. The molecule has 10 heteroatoms. The maximum absolute atomic E-state index is 13.6. The molecule has 10 nitrogen and oxygen atoms in total. The van der Waals surface area contributed by atoms with Gasteiger partial charge in [-0.05, 0) is 37.0 Å². The van der Waals surface area contributed by atoms with Crippen LogP contribution < -0.4 is 20.3 Å². The third-order valence-electron chi connectivity index (χ3n) is 8.09. The zero-order valence-electron chi connectivity index (χ0n) is 20.5. The largest absolute Gasteiger partial charge is 0.458 e. The molecule has 1 saturated heterocycles. The van der Waals surface area contributed by atoms with E-state index in [0.29, 0.717) is 53.1 Å². The molecule has 0 aliphatic carbocycles. The molecule has 0 saturated carbocycles. The predicted molar refractivity (Wildman–Crippen MR) is 131 cm³/mol. The molecule has 2 aromatic heterocycles. The minimum Gasteiger partial charge on any atom is -0.458 e. The lowest BCUT2D eigenvalue weighted by atomic mass is 9.86. The molecule has 7 rings (SSSR count). The molecule has 2 N–H and O–H groups in total. The Morgan fingerprint density at radius 1 is 1.11 bits per heavy atom. The fourth-order valence-electron chi connectivity index (χ4n) is 5.90. The number of pyridine rings is 2. The van der Waals surface area contributed by atoms with Gasteiger partial charge in [-0.2, -0.15) is 0 Å². The van der Waals surface area contributed by atoms with Crippen LogP contribution in [0.4, 0.5) is 0 Å². The molecule has 1 aromatic carbocycles. The van der Waals surface area contributed by atoms with Crippen molar-refractivity contribution in [1.29, 1.82) is 0 Å². The van der Waals surface area contributed by atoms with Gasteiger partial charge in [-0.15, -0.1) is 0 Å². The molecular weight excluding hydrogens is 478 g/mol. The number of aliphatic hydroxyl groups is 1. The highest BCUT2D eigenvalue weighted by Gasteiger charge is 2.45. The molecule has 192 valence electrons. The zero-order chi connectivity index (χ0) is 25.3. The number of nitrogens with zero attached hydrogens (tertiary/aromatic N) is 2. The van der Waals surface area contributed by atoms with Crippen molar-refractivity contribution in [3.8, 4) is 22.9 Å². The summed E-state index contributed by atoms with van der Waals surface area (Å²) in [4.78, 5) is 31.1. The van der Waals surface area contributed by atoms with Gasteiger partial charge in [0.25, 0.3) is 5.56 Å². The summed E-state index contributed by atoms with van der Waals surface area (Å²) in [5.41, 5.74) is 2.47. The summed E-state index contributed by atoms with van der Waals surface area (Å²) in [6.07, 6.45) is 1.98. The lowest BCUT2D eigenvalue weighted by Gasteiger charge is -2.31. The van der Waals surface area contributed by atoms with Crippen LogP contribution in [0.3, 0.4) is 0 Å². The van der Waals surface area contributed by atoms with Gasteiger partial charge in [-0.3, -0.25) is 4.79 Å². The Morgan fingerprint density at radius 2 is 1.89 bits per heavy atom. The van der Waals surface area contributed by atoms with Crippen LogP contribution in [-0.4, -0.2) is 46.7 Å². The number of ether oxygens (including phenoxy) is 4. The highest BCUT2D eigenvalue weighted by atomic mass is 16.7. The summed E-state index contributed by atoms with van der Waals surface area (Å²) in [6, 6.07) is 5.91. The van der Waals surface area contributed by atoms with Crippen LogP contribution in [0, 0.1) is 0 Å². The monoisotopic (exact) mass is 505 g/mol. The molecule has 4 aliphatic heterocycles. The fourth-order valence-corrected chi connectivity index (χ4v) is 5.90. The number of nitrogens with one attached hydrogen (secondary N) is 1. The van der Waals surface area contributed by atoms with Gasteiger partial charge >= 0.3 is 5.97 Å². The summed E-state index contributed by atoms with van der Waals surface area (Å²) in [5, 5.41) is 15.8. The number of cyclic esters (lactones) is 1. The average molecular weight is 506 g/mol. The Balaban J connectivity index is 1.41. The van der Waals surface area contributed by atoms with E-state index < -0.39 is 11.6 Å². The van der Waals surface area contributed by atoms with Gasteiger partial charge in [0.1, 0.15) is 6.61 Å². The Labute approximate surface area is 212 Å². The third kappa shape index (κ3) is 3.32. The van der Waals surface area contributed by atoms with Crippen molar-refractivity contribution >= 4 is 16.9 Å². The van der Waals surface area contributed by atoms with Gasteiger partial charge in [0, 0.05) is 48.4 Å². The summed E-state index contributed by atoms with van der Waals surface area (Å²) in [5.74, 6) is 0.575. The first-order valence-corrected chi connectivity index (χ1v) is 12.7. The molecule has 0 unspecified atom stereocenters. The first-order valence-electron chi connectivity index (χ1n) is 12.7. The SMILES string of the molecule is CC[C@@]1(O)C(=O)OCc2c1cc1n(c2=O)Cc2c-1nc1cc3c(cc1c2CNC1CCOCC1)OCO3. The first kappa shape index (κ1) is 22.7. The van der Waals surface area contributed by atoms with Gasteiger partial charge in [-0.25, -0.2) is 9.78 Å². The number of hydrogen-bond acceptors (Lipinski definition) is 9. The average Bonchev–Trinajstić information content (AvgIpc) is 3.53. The van der Waals surface area contributed by atoms with Crippen LogP contribution in [0.15, 0.2) is 23.0 Å². The van der Waals surface area contributed by atoms with Gasteiger partial charge < -0.3 is 33.9 Å². The van der Waals surface area contributed by atoms with E-state index in [1.54, 1.807) is 17.6 Å². The Kier molecular flexibility index (Phi) is 5.08. The van der Waals surface area contributed by atoms with Gasteiger partial charge in [0.2, 0.25) is 6.79 Å². The molecule has 0 amide bonds. The number of aromatic nitrogens is 2. The van der Waals surface area contributed by atoms with Crippen LogP contribution in [0.1, 0.15) is 48.4 Å². The Morgan fingerprint density at radius 3 is 2.68 bits per heavy atom. The first-order chi connectivity index (χ1) is 18.0. The number of carbonyl (C=O) groups excluding carboxylic acids is 1. The third-order valence-corrected chi connectivity index (χ3v) is 8.09. The standard InChI is InChI=1S/C27H27N3O7/c1-2-27(33)19-8-21-24-17(11-30(21)25(31)18(19)12-35-26(27)32)16(10-28-14-3-5-34-6-4-14)15-7-22-23(37-13-36-22)9-20(15)29-24/h7-9,14,28,33H,2-6,10-13H2,1H3/t27-/m0/s1. The van der Waals surface area contributed by atoms with Gasteiger partial charge in [0.05, 0.1) is 29.0 Å². The van der Waals surface area contributed by atoms with Crippen LogP contribution in [-0.2, 0) is 39.6 Å². The maximum Gasteiger partial charge on any atom is 0.343 e. The summed E-state index contributed by atoms with van der Waals surface area (Å²) < 4.78 is 23.6. The van der Waals surface area contributed by atoms with Crippen molar-refractivity contribution in [2.24, 2.45) is 0 Å². The molecule has 0 radical (unpaired) electrons. The minimum atomic E-state index is -1.86. The molecule has 0 bridgehead atoms. The van der Waals surface area contributed by atoms with Gasteiger partial charge in [-0.1, -0.05) is 6.92 Å². The van der Waals surface area contributed by atoms with Crippen molar-refractivity contribution in [2.75, 3.05) is 20.0 Å². The fraction of sp³-hybridized carbons (Fsp3) is 0.444. The Hall–Kier alpha value is -3.47. The number of benzene rings is 1. The van der Waals surface area contributed by atoms with E-state index in [1.807, 2.05) is 12.1 Å². The zero-order valence-corrected chi connectivity index (χ0v) is 20.5. The molecule has 6 heterocycles. The van der Waals surface area contributed by atoms with Crippen LogP contribution in [0.2, 0.25) is 0 Å². The maximum atomic E-state index is 13.6. The molecule has 3 aromatic rings. The van der Waals surface area contributed by atoms with E-state index in [1.165, 1.54) is 0 Å². The smallest absolute Gasteiger partial charge is 0.343 e. The second kappa shape index (κ2) is 8.27. The second-order valence-corrected chi connectivity index (χ2v) is 10.0. The van der Waals surface area contributed by atoms with E-state index in [-0.39, 0.29) is 25.4 Å². The van der Waals surface area contributed by atoms with Crippen molar-refractivity contribution in [2.45, 2.75) is 57.5 Å². The van der Waals surface area contributed by atoms with E-state index in [9.17, 15) is 14.7 Å². The van der Waals surface area contributed by atoms with Gasteiger partial charge in [0.15, 0.2) is 17.1 Å². The quantitative estimate of drug-likeness (QED) is 0.402. The summed E-state index contributed by atoms with van der Waals surface area (Å²) >= 11 is 0. The van der Waals surface area contributed by atoms with Crippen molar-refractivity contribution in [1.82, 2.24) is 14.9 Å². The number of rotatable bonds is 4. The normalized spacial score (nSPS) is 22.1. The van der Waals surface area contributed by atoms with Crippen LogP contribution >= 0.6 is 0 Å². The summed E-state index contributed by atoms with van der Waals surface area (Å²) in [6.45, 7) is 4.12. The Bertz CT molecular complexity index is 1530. The van der Waals surface area contributed by atoms with Crippen molar-refractivity contribution < 1.29 is 28.8 Å². The van der Waals surface area contributed by atoms with E-state index in [4.69, 9.17) is 23.9 Å². The van der Waals surface area contributed by atoms with Crippen LogP contribution in [0.5, 0.6) is 11.5 Å². The lowest BCUT2D eigenvalue weighted by molar-refractivity contribution is -0.172. The molecule has 4 aliphatic rings. The molecular formula is C27H27N3O7. The summed E-state index contributed by atoms with van der Waals surface area (Å²) in [7, 11) is 0. The topological polar surface area (TPSA) is 121 Å². The second-order valence-electron chi connectivity index (χ2n) is 10.0. The van der Waals surface area contributed by atoms with E-state index >= 15 is 0 Å². The molecule has 37 heavy (non-hydrogen) atoms. The van der Waals surface area contributed by atoms with Crippen LogP contribution in [0.25, 0.3) is 22.3 Å². The predicted octanol–water partition coefficient (Wildman–Crippen LogP) is 2.08. The lowest BCUT2D eigenvalue weighted by Crippen LogP contribution is -2.44. The number of carbonyl (C=O) groups is 1. The van der Waals surface area contributed by atoms with E-state index in [0.717, 1.165) is 48.1 Å². The molecule has 1 atom stereocenters. The highest BCUT2D eigenvalue weighted by molar-refractivity contribution is 5.91. The van der Waals surface area contributed by atoms with E-state index in [2.05, 4.69) is 5.32 Å². The minimum absolute atomic E-state index is 0.101. The highest BCUT2D eigenvalue weighted by Crippen LogP contribution is 2.43.